The van der Waals surface area contributed by atoms with E-state index in [1.807, 2.05) is 12.1 Å². The molecule has 0 aliphatic carbocycles. The number of thiol groups is 1. The number of hydrogen-bond acceptors (Lipinski definition) is 4. The van der Waals surface area contributed by atoms with E-state index in [9.17, 15) is 4.79 Å². The highest BCUT2D eigenvalue weighted by Gasteiger charge is 2.30. The van der Waals surface area contributed by atoms with Crippen LogP contribution in [-0.4, -0.2) is 32.3 Å². The van der Waals surface area contributed by atoms with Gasteiger partial charge in [0.05, 0.1) is 0 Å². The first kappa shape index (κ1) is 11.0. The van der Waals surface area contributed by atoms with Gasteiger partial charge in [-0.25, -0.2) is 4.52 Å². The van der Waals surface area contributed by atoms with Crippen LogP contribution in [0.4, 0.5) is 5.95 Å². The van der Waals surface area contributed by atoms with Crippen LogP contribution >= 0.6 is 28.6 Å². The topological polar surface area (TPSA) is 50.5 Å². The molecule has 3 rings (SSSR count). The van der Waals surface area contributed by atoms with Gasteiger partial charge in [-0.3, -0.25) is 9.69 Å². The van der Waals surface area contributed by atoms with E-state index >= 15 is 0 Å². The minimum Gasteiger partial charge on any atom is -0.278 e. The van der Waals surface area contributed by atoms with E-state index in [-0.39, 0.29) is 11.2 Å². The van der Waals surface area contributed by atoms with Crippen LogP contribution in [0, 0.1) is 0 Å². The third-order valence-corrected chi connectivity index (χ3v) is 3.47. The van der Waals surface area contributed by atoms with Crippen molar-refractivity contribution in [2.24, 2.45) is 0 Å². The molecule has 2 aromatic heterocycles. The maximum atomic E-state index is 11.7. The monoisotopic (exact) mass is 312 g/mol. The molecule has 0 radical (unpaired) electrons. The fraction of sp³-hybridized carbons (Fsp3) is 0.300. The minimum absolute atomic E-state index is 0.0278. The second kappa shape index (κ2) is 3.99. The normalized spacial score (nSPS) is 20.5. The molecule has 0 N–H and O–H groups in total. The van der Waals surface area contributed by atoms with Gasteiger partial charge >= 0.3 is 0 Å². The van der Waals surface area contributed by atoms with Crippen molar-refractivity contribution in [1.82, 2.24) is 14.6 Å². The van der Waals surface area contributed by atoms with Crippen LogP contribution in [0.2, 0.25) is 0 Å². The molecule has 3 heterocycles. The Bertz CT molecular complexity index is 599. The summed E-state index contributed by atoms with van der Waals surface area (Å²) in [5.74, 6) is 0.477. The zero-order valence-electron chi connectivity index (χ0n) is 8.75. The lowest BCUT2D eigenvalue weighted by molar-refractivity contribution is -0.117. The number of amides is 1. The number of nitrogens with zero attached hydrogens (tertiary/aromatic N) is 4. The Labute approximate surface area is 111 Å². The fourth-order valence-corrected chi connectivity index (χ4v) is 2.48. The minimum atomic E-state index is 0.0278. The Hall–Kier alpha value is -1.08. The van der Waals surface area contributed by atoms with Crippen LogP contribution in [0.3, 0.4) is 0 Å². The number of pyridine rings is 1. The summed E-state index contributed by atoms with van der Waals surface area (Å²) in [6.07, 6.45) is 2.25. The number of halogens is 1. The first-order valence-corrected chi connectivity index (χ1v) is 6.45. The first-order valence-electron chi connectivity index (χ1n) is 5.14. The van der Waals surface area contributed by atoms with E-state index in [1.54, 1.807) is 15.6 Å². The zero-order chi connectivity index (χ0) is 12.0. The summed E-state index contributed by atoms with van der Waals surface area (Å²) in [6.45, 7) is 0.569. The van der Waals surface area contributed by atoms with E-state index in [1.165, 1.54) is 0 Å². The van der Waals surface area contributed by atoms with Gasteiger partial charge in [0, 0.05) is 28.9 Å². The molecule has 0 bridgehead atoms. The summed E-state index contributed by atoms with van der Waals surface area (Å²) in [6, 6.07) is 3.73. The third kappa shape index (κ3) is 1.93. The number of rotatable bonds is 1. The van der Waals surface area contributed by atoms with Gasteiger partial charge in [0.15, 0.2) is 5.65 Å². The largest absolute Gasteiger partial charge is 0.278 e. The average Bonchev–Trinajstić information content (AvgIpc) is 2.80. The Kier molecular flexibility index (Phi) is 2.59. The van der Waals surface area contributed by atoms with Crippen molar-refractivity contribution in [3.63, 3.8) is 0 Å². The van der Waals surface area contributed by atoms with E-state index in [0.717, 1.165) is 4.47 Å². The zero-order valence-corrected chi connectivity index (χ0v) is 11.2. The van der Waals surface area contributed by atoms with Gasteiger partial charge in [-0.05, 0) is 12.1 Å². The lowest BCUT2D eigenvalue weighted by atomic mass is 10.4. The predicted octanol–water partition coefficient (Wildman–Crippen LogP) is 1.53. The predicted molar refractivity (Wildman–Crippen MR) is 70.4 cm³/mol. The fourth-order valence-electron chi connectivity index (χ4n) is 1.84. The van der Waals surface area contributed by atoms with E-state index in [4.69, 9.17) is 0 Å². The lowest BCUT2D eigenvalue weighted by Gasteiger charge is -2.09. The van der Waals surface area contributed by atoms with Gasteiger partial charge in [0.25, 0.3) is 5.95 Å². The first-order chi connectivity index (χ1) is 8.13. The summed E-state index contributed by atoms with van der Waals surface area (Å²) in [7, 11) is 0. The Morgan fingerprint density at radius 1 is 1.53 bits per heavy atom. The summed E-state index contributed by atoms with van der Waals surface area (Å²) in [5, 5.41) is 4.35. The molecule has 0 spiro atoms. The van der Waals surface area contributed by atoms with Crippen LogP contribution in [0.1, 0.15) is 6.42 Å². The highest BCUT2D eigenvalue weighted by molar-refractivity contribution is 9.10. The molecule has 1 saturated heterocycles. The van der Waals surface area contributed by atoms with Gasteiger partial charge in [-0.15, -0.1) is 5.10 Å². The Morgan fingerprint density at radius 3 is 3.06 bits per heavy atom. The molecule has 1 amide bonds. The van der Waals surface area contributed by atoms with Crippen molar-refractivity contribution in [1.29, 1.82) is 0 Å². The summed E-state index contributed by atoms with van der Waals surface area (Å²) in [5.41, 5.74) is 0.713. The third-order valence-electron chi connectivity index (χ3n) is 2.63. The quantitative estimate of drug-likeness (QED) is 0.812. The molecule has 1 unspecified atom stereocenters. The molecule has 1 aliphatic heterocycles. The van der Waals surface area contributed by atoms with E-state index < -0.39 is 0 Å². The number of aromatic nitrogens is 3. The number of carbonyl (C=O) groups excluding carboxylic acids is 1. The van der Waals surface area contributed by atoms with E-state index in [0.29, 0.717) is 24.6 Å². The number of hydrogen-bond donors (Lipinski definition) is 1. The molecule has 17 heavy (non-hydrogen) atoms. The average molecular weight is 313 g/mol. The van der Waals surface area contributed by atoms with Gasteiger partial charge in [-0.1, -0.05) is 15.9 Å². The van der Waals surface area contributed by atoms with Crippen LogP contribution in [0.15, 0.2) is 22.8 Å². The molecular weight excluding hydrogens is 304 g/mol. The summed E-state index contributed by atoms with van der Waals surface area (Å²) in [4.78, 5) is 17.6. The molecule has 2 aromatic rings. The molecule has 1 atom stereocenters. The molecule has 0 saturated carbocycles. The maximum Gasteiger partial charge on any atom is 0.252 e. The van der Waals surface area contributed by atoms with Crippen LogP contribution in [-0.2, 0) is 4.79 Å². The number of fused-ring (bicyclic) bond motifs is 1. The SMILES string of the molecule is O=C1CC(S)CN1c1nc2cc(Br)ccn2n1. The lowest BCUT2D eigenvalue weighted by Crippen LogP contribution is -2.25. The highest BCUT2D eigenvalue weighted by Crippen LogP contribution is 2.22. The molecular formula is C10H9BrN4OS. The summed E-state index contributed by atoms with van der Waals surface area (Å²) >= 11 is 7.68. The highest BCUT2D eigenvalue weighted by atomic mass is 79.9. The molecule has 1 aliphatic rings. The van der Waals surface area contributed by atoms with Crippen LogP contribution in [0.5, 0.6) is 0 Å². The van der Waals surface area contributed by atoms with Gasteiger partial charge in [0.1, 0.15) is 0 Å². The second-order valence-electron chi connectivity index (χ2n) is 3.92. The van der Waals surface area contributed by atoms with Crippen molar-refractivity contribution in [3.8, 4) is 0 Å². The smallest absolute Gasteiger partial charge is 0.252 e. The van der Waals surface area contributed by atoms with Crippen LogP contribution < -0.4 is 4.90 Å². The maximum absolute atomic E-state index is 11.7. The van der Waals surface area contributed by atoms with Gasteiger partial charge in [0.2, 0.25) is 5.91 Å². The van der Waals surface area contributed by atoms with Crippen molar-refractivity contribution in [2.75, 3.05) is 11.4 Å². The number of carbonyl (C=O) groups is 1. The van der Waals surface area contributed by atoms with Gasteiger partial charge in [-0.2, -0.15) is 17.6 Å². The standard InChI is InChI=1S/C10H9BrN4OS/c11-6-1-2-15-8(3-6)12-10(13-15)14-5-7(17)4-9(14)16/h1-3,7,17H,4-5H2. The Morgan fingerprint density at radius 2 is 2.35 bits per heavy atom. The molecule has 0 aromatic carbocycles. The Balaban J connectivity index is 2.03. The molecule has 88 valence electrons. The molecule has 5 nitrogen and oxygen atoms in total. The van der Waals surface area contributed by atoms with Crippen molar-refractivity contribution < 1.29 is 4.79 Å². The van der Waals surface area contributed by atoms with Crippen molar-refractivity contribution in [3.05, 3.63) is 22.8 Å². The van der Waals surface area contributed by atoms with Gasteiger partial charge < -0.3 is 0 Å². The van der Waals surface area contributed by atoms with Crippen LogP contribution in [0.25, 0.3) is 5.65 Å². The number of anilines is 1. The van der Waals surface area contributed by atoms with Crippen molar-refractivity contribution in [2.45, 2.75) is 11.7 Å². The molecule has 1 fully saturated rings. The molecule has 7 heteroatoms. The second-order valence-corrected chi connectivity index (χ2v) is 5.57. The summed E-state index contributed by atoms with van der Waals surface area (Å²) < 4.78 is 2.59. The van der Waals surface area contributed by atoms with Crippen molar-refractivity contribution >= 4 is 46.1 Å². The van der Waals surface area contributed by atoms with E-state index in [2.05, 4.69) is 38.6 Å².